The molecule has 1 N–H and O–H groups in total. The van der Waals surface area contributed by atoms with Gasteiger partial charge in [-0.2, -0.15) is 0 Å². The summed E-state index contributed by atoms with van der Waals surface area (Å²) >= 11 is 11.2. The largest absolute Gasteiger partial charge is 0.331 e. The van der Waals surface area contributed by atoms with E-state index in [1.165, 1.54) is 12.1 Å². The zero-order valence-electron chi connectivity index (χ0n) is 9.86. The Morgan fingerprint density at radius 3 is 2.84 bits per heavy atom. The van der Waals surface area contributed by atoms with Crippen LogP contribution in [0.1, 0.15) is 5.56 Å². The maximum absolute atomic E-state index is 13.3. The van der Waals surface area contributed by atoms with E-state index in [1.807, 2.05) is 28.8 Å². The Kier molecular flexibility index (Phi) is 3.12. The molecule has 3 aromatic rings. The first kappa shape index (κ1) is 12.4. The fourth-order valence-electron chi connectivity index (χ4n) is 2.10. The number of nitrogens with zero attached hydrogens (tertiary/aromatic N) is 1. The van der Waals surface area contributed by atoms with E-state index in [0.717, 1.165) is 16.6 Å². The van der Waals surface area contributed by atoms with Crippen LogP contribution in [0.15, 0.2) is 42.5 Å². The molecule has 3 rings (SSSR count). The molecule has 0 saturated heterocycles. The molecular formula is C14H10ClFN2S. The van der Waals surface area contributed by atoms with Crippen LogP contribution in [0.5, 0.6) is 0 Å². The third-order valence-electron chi connectivity index (χ3n) is 2.97. The molecule has 0 aliphatic rings. The van der Waals surface area contributed by atoms with Crippen LogP contribution >= 0.6 is 23.8 Å². The SMILES string of the molecule is Fc1ccc2[nH]c(=S)n(Cc3cccc(Cl)c3)c2c1. The molecule has 96 valence electrons. The predicted molar refractivity (Wildman–Crippen MR) is 77.6 cm³/mol. The number of aromatic nitrogens is 2. The number of halogens is 2. The fraction of sp³-hybridized carbons (Fsp3) is 0.0714. The van der Waals surface area contributed by atoms with Gasteiger partial charge in [0.25, 0.3) is 0 Å². The van der Waals surface area contributed by atoms with Crippen LogP contribution in [0, 0.1) is 10.6 Å². The number of fused-ring (bicyclic) bond motifs is 1. The van der Waals surface area contributed by atoms with Crippen molar-refractivity contribution in [1.29, 1.82) is 0 Å². The third kappa shape index (κ3) is 2.41. The second-order valence-electron chi connectivity index (χ2n) is 4.31. The summed E-state index contributed by atoms with van der Waals surface area (Å²) in [7, 11) is 0. The molecule has 19 heavy (non-hydrogen) atoms. The van der Waals surface area contributed by atoms with Crippen LogP contribution in [0.2, 0.25) is 5.02 Å². The Balaban J connectivity index is 2.12. The Morgan fingerprint density at radius 1 is 1.21 bits per heavy atom. The maximum Gasteiger partial charge on any atom is 0.178 e. The molecule has 0 radical (unpaired) electrons. The fourth-order valence-corrected chi connectivity index (χ4v) is 2.59. The van der Waals surface area contributed by atoms with E-state index in [9.17, 15) is 4.39 Å². The van der Waals surface area contributed by atoms with E-state index in [2.05, 4.69) is 4.98 Å². The highest BCUT2D eigenvalue weighted by Crippen LogP contribution is 2.18. The molecule has 5 heteroatoms. The van der Waals surface area contributed by atoms with E-state index in [1.54, 1.807) is 6.07 Å². The number of benzene rings is 2. The molecule has 2 aromatic carbocycles. The molecule has 0 fully saturated rings. The second kappa shape index (κ2) is 4.79. The lowest BCUT2D eigenvalue weighted by Gasteiger charge is -2.05. The van der Waals surface area contributed by atoms with Gasteiger partial charge < -0.3 is 9.55 Å². The number of nitrogens with one attached hydrogen (secondary N) is 1. The number of aromatic amines is 1. The van der Waals surface area contributed by atoms with Crippen LogP contribution in [-0.4, -0.2) is 9.55 Å². The number of rotatable bonds is 2. The minimum atomic E-state index is -0.277. The van der Waals surface area contributed by atoms with Crippen LogP contribution in [0.3, 0.4) is 0 Å². The van der Waals surface area contributed by atoms with Crippen molar-refractivity contribution in [1.82, 2.24) is 9.55 Å². The predicted octanol–water partition coefficient (Wildman–Crippen LogP) is 4.54. The van der Waals surface area contributed by atoms with Gasteiger partial charge in [-0.1, -0.05) is 23.7 Å². The lowest BCUT2D eigenvalue weighted by atomic mass is 10.2. The average Bonchev–Trinajstić information content (AvgIpc) is 2.66. The summed E-state index contributed by atoms with van der Waals surface area (Å²) in [6, 6.07) is 12.1. The first-order chi connectivity index (χ1) is 9.13. The summed E-state index contributed by atoms with van der Waals surface area (Å²) in [4.78, 5) is 3.07. The van der Waals surface area contributed by atoms with Crippen molar-refractivity contribution in [2.45, 2.75) is 6.54 Å². The number of H-pyrrole nitrogens is 1. The molecule has 0 amide bonds. The summed E-state index contributed by atoms with van der Waals surface area (Å²) in [5.74, 6) is -0.277. The smallest absolute Gasteiger partial charge is 0.178 e. The van der Waals surface area contributed by atoms with Gasteiger partial charge in [0.05, 0.1) is 17.6 Å². The highest BCUT2D eigenvalue weighted by Gasteiger charge is 2.06. The van der Waals surface area contributed by atoms with Gasteiger partial charge in [-0.05, 0) is 48.1 Å². The van der Waals surface area contributed by atoms with Crippen LogP contribution in [0.25, 0.3) is 11.0 Å². The first-order valence-electron chi connectivity index (χ1n) is 5.76. The third-order valence-corrected chi connectivity index (χ3v) is 3.52. The second-order valence-corrected chi connectivity index (χ2v) is 5.13. The quantitative estimate of drug-likeness (QED) is 0.688. The van der Waals surface area contributed by atoms with E-state index in [0.29, 0.717) is 16.3 Å². The highest BCUT2D eigenvalue weighted by molar-refractivity contribution is 7.71. The molecule has 0 spiro atoms. The standard InChI is InChI=1S/C14H10ClFN2S/c15-10-3-1-2-9(6-10)8-18-13-7-11(16)4-5-12(13)17-14(18)19/h1-7H,8H2,(H,17,19). The van der Waals surface area contributed by atoms with Gasteiger partial charge >= 0.3 is 0 Å². The molecule has 0 aliphatic carbocycles. The van der Waals surface area contributed by atoms with E-state index in [4.69, 9.17) is 23.8 Å². The normalized spacial score (nSPS) is 11.1. The summed E-state index contributed by atoms with van der Waals surface area (Å²) in [5, 5.41) is 0.676. The molecule has 0 bridgehead atoms. The van der Waals surface area contributed by atoms with Crippen LogP contribution in [-0.2, 0) is 6.54 Å². The zero-order chi connectivity index (χ0) is 13.4. The Morgan fingerprint density at radius 2 is 2.05 bits per heavy atom. The van der Waals surface area contributed by atoms with E-state index < -0.39 is 0 Å². The van der Waals surface area contributed by atoms with Gasteiger partial charge in [0, 0.05) is 5.02 Å². The molecular weight excluding hydrogens is 283 g/mol. The van der Waals surface area contributed by atoms with Crippen molar-refractivity contribution in [2.24, 2.45) is 0 Å². The van der Waals surface area contributed by atoms with Gasteiger partial charge in [0.2, 0.25) is 0 Å². The van der Waals surface area contributed by atoms with Gasteiger partial charge in [-0.15, -0.1) is 0 Å². The maximum atomic E-state index is 13.3. The molecule has 2 nitrogen and oxygen atoms in total. The topological polar surface area (TPSA) is 20.7 Å². The number of hydrogen-bond donors (Lipinski definition) is 1. The summed E-state index contributed by atoms with van der Waals surface area (Å²) in [6.07, 6.45) is 0. The van der Waals surface area contributed by atoms with Gasteiger partial charge in [0.1, 0.15) is 5.82 Å². The zero-order valence-corrected chi connectivity index (χ0v) is 11.4. The number of hydrogen-bond acceptors (Lipinski definition) is 1. The minimum Gasteiger partial charge on any atom is -0.331 e. The molecule has 1 heterocycles. The highest BCUT2D eigenvalue weighted by atomic mass is 35.5. The molecule has 0 unspecified atom stereocenters. The first-order valence-corrected chi connectivity index (χ1v) is 6.54. The number of imidazole rings is 1. The van der Waals surface area contributed by atoms with Crippen molar-refractivity contribution >= 4 is 34.9 Å². The van der Waals surface area contributed by atoms with Crippen LogP contribution < -0.4 is 0 Å². The summed E-state index contributed by atoms with van der Waals surface area (Å²) in [6.45, 7) is 0.558. The summed E-state index contributed by atoms with van der Waals surface area (Å²) in [5.41, 5.74) is 2.60. The molecule has 0 aliphatic heterocycles. The van der Waals surface area contributed by atoms with Gasteiger partial charge in [-0.3, -0.25) is 0 Å². The lowest BCUT2D eigenvalue weighted by Crippen LogP contribution is -1.99. The minimum absolute atomic E-state index is 0.277. The average molecular weight is 293 g/mol. The van der Waals surface area contributed by atoms with E-state index >= 15 is 0 Å². The Labute approximate surface area is 119 Å². The van der Waals surface area contributed by atoms with Crippen molar-refractivity contribution in [3.63, 3.8) is 0 Å². The van der Waals surface area contributed by atoms with Crippen molar-refractivity contribution < 1.29 is 4.39 Å². The van der Waals surface area contributed by atoms with Crippen molar-refractivity contribution in [3.8, 4) is 0 Å². The van der Waals surface area contributed by atoms with Crippen molar-refractivity contribution in [3.05, 3.63) is 63.6 Å². The monoisotopic (exact) mass is 292 g/mol. The Bertz CT molecular complexity index is 807. The van der Waals surface area contributed by atoms with Crippen molar-refractivity contribution in [2.75, 3.05) is 0 Å². The van der Waals surface area contributed by atoms with E-state index in [-0.39, 0.29) is 5.82 Å². The summed E-state index contributed by atoms with van der Waals surface area (Å²) < 4.78 is 15.8. The van der Waals surface area contributed by atoms with Gasteiger partial charge in [-0.25, -0.2) is 4.39 Å². The Hall–Kier alpha value is -1.65. The van der Waals surface area contributed by atoms with Crippen LogP contribution in [0.4, 0.5) is 4.39 Å². The lowest BCUT2D eigenvalue weighted by molar-refractivity contribution is 0.628. The molecule has 0 saturated carbocycles. The van der Waals surface area contributed by atoms with Gasteiger partial charge in [0.15, 0.2) is 4.77 Å². The molecule has 0 atom stereocenters. The molecule has 1 aromatic heterocycles.